The topological polar surface area (TPSA) is 127 Å². The lowest BCUT2D eigenvalue weighted by atomic mass is 10.7. The molecule has 0 aliphatic carbocycles. The van der Waals surface area contributed by atoms with E-state index in [2.05, 4.69) is 9.97 Å². The van der Waals surface area contributed by atoms with Crippen molar-refractivity contribution in [3.05, 3.63) is 38.8 Å². The van der Waals surface area contributed by atoms with E-state index in [0.717, 1.165) is 6.20 Å². The Morgan fingerprint density at radius 3 is 2.50 bits per heavy atom. The largest absolute Gasteiger partial charge is 0.259 e. The van der Waals surface area contributed by atoms with E-state index in [1.807, 2.05) is 0 Å². The van der Waals surface area contributed by atoms with Crippen molar-refractivity contribution in [1.29, 1.82) is 0 Å². The fraction of sp³-hybridized carbons (Fsp3) is 0. The molecule has 1 aromatic heterocycles. The molecule has 0 aliphatic rings. The van der Waals surface area contributed by atoms with Gasteiger partial charge in [-0.25, -0.2) is 25.2 Å². The van der Waals surface area contributed by atoms with Gasteiger partial charge in [-0.15, -0.1) is 0 Å². The van der Waals surface area contributed by atoms with Gasteiger partial charge in [-0.1, -0.05) is 0 Å². The molecule has 1 heterocycles. The van der Waals surface area contributed by atoms with Crippen LogP contribution >= 0.6 is 0 Å². The molecule has 10 heteroatoms. The number of hydrazine groups is 3. The number of nitrogens with one attached hydrogen (secondary N) is 1. The Hall–Kier alpha value is -2.52. The van der Waals surface area contributed by atoms with E-state index in [1.54, 1.807) is 0 Å². The summed E-state index contributed by atoms with van der Waals surface area (Å²) in [6, 6.07) is 0. The average Bonchev–Trinajstić information content (AvgIpc) is 2.15. The Balaban J connectivity index is 2.89. The third-order valence-electron chi connectivity index (χ3n) is 1.11. The average molecular weight is 200 g/mol. The van der Waals surface area contributed by atoms with Crippen molar-refractivity contribution in [3.8, 4) is 0 Å². The normalized spacial score (nSPS) is 9.14. The summed E-state index contributed by atoms with van der Waals surface area (Å²) < 4.78 is 0. The van der Waals surface area contributed by atoms with Gasteiger partial charge in [0.15, 0.2) is 10.1 Å². The Bertz CT molecular complexity index is 341. The molecule has 10 nitrogen and oxygen atoms in total. The predicted octanol–water partition coefficient (Wildman–Crippen LogP) is -0.829. The first-order valence-electron chi connectivity index (χ1n) is 3.22. The maximum absolute atomic E-state index is 10.3. The van der Waals surface area contributed by atoms with Gasteiger partial charge in [-0.3, -0.25) is 4.98 Å². The van der Waals surface area contributed by atoms with Crippen LogP contribution in [0.2, 0.25) is 0 Å². The predicted molar refractivity (Wildman–Crippen MR) is 41.6 cm³/mol. The highest BCUT2D eigenvalue weighted by molar-refractivity contribution is 5.28. The van der Waals surface area contributed by atoms with E-state index in [4.69, 9.17) is 0 Å². The highest BCUT2D eigenvalue weighted by Crippen LogP contribution is 2.03. The van der Waals surface area contributed by atoms with Crippen LogP contribution < -0.4 is 10.7 Å². The van der Waals surface area contributed by atoms with Crippen molar-refractivity contribution >= 4 is 5.82 Å². The van der Waals surface area contributed by atoms with Crippen LogP contribution in [0.15, 0.2) is 18.6 Å². The second-order valence-electron chi connectivity index (χ2n) is 1.97. The number of rotatable bonds is 4. The smallest absolute Gasteiger partial charge is 0.243 e. The fourth-order valence-electron chi connectivity index (χ4n) is 0.649. The van der Waals surface area contributed by atoms with E-state index >= 15 is 0 Å². The third-order valence-corrected chi connectivity index (χ3v) is 1.11. The molecule has 0 bridgehead atoms. The van der Waals surface area contributed by atoms with Gasteiger partial charge >= 0.3 is 0 Å². The summed E-state index contributed by atoms with van der Waals surface area (Å²) >= 11 is 0. The molecule has 1 aromatic rings. The molecule has 0 saturated heterocycles. The lowest BCUT2D eigenvalue weighted by molar-refractivity contribution is -0.620. The SMILES string of the molecule is O=[N+]([O-])NN(c1cnccn1)[N+](=O)[O-]. The van der Waals surface area contributed by atoms with Gasteiger partial charge in [0.05, 0.1) is 11.3 Å². The lowest BCUT2D eigenvalue weighted by Crippen LogP contribution is -2.46. The van der Waals surface area contributed by atoms with E-state index in [-0.39, 0.29) is 10.9 Å². The summed E-state index contributed by atoms with van der Waals surface area (Å²) in [7, 11) is 0. The van der Waals surface area contributed by atoms with Crippen molar-refractivity contribution in [3.63, 3.8) is 0 Å². The quantitative estimate of drug-likeness (QED) is 0.492. The maximum atomic E-state index is 10.3. The minimum atomic E-state index is -1.07. The number of anilines is 1. The second-order valence-corrected chi connectivity index (χ2v) is 1.97. The van der Waals surface area contributed by atoms with Gasteiger partial charge in [0.2, 0.25) is 5.82 Å². The molecule has 0 aromatic carbocycles. The Morgan fingerprint density at radius 2 is 2.07 bits per heavy atom. The standard InChI is InChI=1S/C4H4N6O4/c11-9(12)7-8(10(13)14)4-3-5-1-2-6-4/h1-3,7H. The van der Waals surface area contributed by atoms with E-state index in [1.165, 1.54) is 17.9 Å². The summed E-state index contributed by atoms with van der Waals surface area (Å²) in [5.41, 5.74) is 1.35. The molecule has 14 heavy (non-hydrogen) atoms. The Labute approximate surface area is 76.4 Å². The first-order chi connectivity index (χ1) is 6.61. The van der Waals surface area contributed by atoms with Gasteiger partial charge in [-0.2, -0.15) is 0 Å². The minimum absolute atomic E-state index is 0.0486. The molecule has 74 valence electrons. The minimum Gasteiger partial charge on any atom is -0.259 e. The Morgan fingerprint density at radius 1 is 1.36 bits per heavy atom. The van der Waals surface area contributed by atoms with E-state index in [0.29, 0.717) is 0 Å². The van der Waals surface area contributed by atoms with Gasteiger partial charge in [-0.05, 0) is 0 Å². The molecular formula is C4H4N6O4. The first kappa shape index (κ1) is 9.57. The van der Waals surface area contributed by atoms with Crippen LogP contribution in [0, 0.1) is 20.2 Å². The summed E-state index contributed by atoms with van der Waals surface area (Å²) in [4.78, 5) is 27.4. The zero-order chi connectivity index (χ0) is 10.6. The second kappa shape index (κ2) is 3.93. The number of nitrogens with zero attached hydrogens (tertiary/aromatic N) is 5. The lowest BCUT2D eigenvalue weighted by Gasteiger charge is -2.06. The van der Waals surface area contributed by atoms with Crippen LogP contribution in [0.1, 0.15) is 0 Å². The third kappa shape index (κ3) is 2.23. The van der Waals surface area contributed by atoms with Crippen LogP contribution in [0.5, 0.6) is 0 Å². The zero-order valence-electron chi connectivity index (χ0n) is 6.60. The summed E-state index contributed by atoms with van der Waals surface area (Å²) in [5.74, 6) is -0.283. The van der Waals surface area contributed by atoms with Gasteiger partial charge < -0.3 is 0 Å². The number of hydrogen-bond acceptors (Lipinski definition) is 6. The summed E-state index contributed by atoms with van der Waals surface area (Å²) in [6.45, 7) is 0. The monoisotopic (exact) mass is 200 g/mol. The maximum Gasteiger partial charge on any atom is 0.243 e. The van der Waals surface area contributed by atoms with Gasteiger partial charge in [0.25, 0.3) is 0 Å². The van der Waals surface area contributed by atoms with Crippen LogP contribution in [-0.2, 0) is 0 Å². The highest BCUT2D eigenvalue weighted by atomic mass is 16.7. The molecule has 0 atom stereocenters. The molecule has 1 N–H and O–H groups in total. The number of aromatic nitrogens is 2. The van der Waals surface area contributed by atoms with Crippen LogP contribution in [-0.4, -0.2) is 20.0 Å². The molecule has 0 unspecified atom stereocenters. The number of nitro groups is 2. The van der Waals surface area contributed by atoms with Gasteiger partial charge in [0, 0.05) is 17.9 Å². The summed E-state index contributed by atoms with van der Waals surface area (Å²) in [6.07, 6.45) is 3.47. The summed E-state index contributed by atoms with van der Waals surface area (Å²) in [5, 5.41) is 18.3. The van der Waals surface area contributed by atoms with Crippen molar-refractivity contribution < 1.29 is 10.1 Å². The van der Waals surface area contributed by atoms with Crippen LogP contribution in [0.3, 0.4) is 0 Å². The van der Waals surface area contributed by atoms with E-state index < -0.39 is 10.1 Å². The van der Waals surface area contributed by atoms with Crippen LogP contribution in [0.4, 0.5) is 5.82 Å². The molecule has 0 saturated carbocycles. The molecule has 0 spiro atoms. The molecule has 0 amide bonds. The van der Waals surface area contributed by atoms with Crippen molar-refractivity contribution in [2.45, 2.75) is 0 Å². The zero-order valence-corrected chi connectivity index (χ0v) is 6.60. The first-order valence-corrected chi connectivity index (χ1v) is 3.22. The Kier molecular flexibility index (Phi) is 2.69. The molecule has 0 radical (unpaired) electrons. The molecule has 0 aliphatic heterocycles. The van der Waals surface area contributed by atoms with Crippen LogP contribution in [0.25, 0.3) is 0 Å². The molecule has 0 fully saturated rings. The van der Waals surface area contributed by atoms with Crippen molar-refractivity contribution in [1.82, 2.24) is 15.5 Å². The molecule has 1 rings (SSSR count). The fourth-order valence-corrected chi connectivity index (χ4v) is 0.649. The highest BCUT2D eigenvalue weighted by Gasteiger charge is 2.23. The van der Waals surface area contributed by atoms with Crippen molar-refractivity contribution in [2.75, 3.05) is 5.12 Å². The number of hydrogen-bond donors (Lipinski definition) is 1. The van der Waals surface area contributed by atoms with Crippen molar-refractivity contribution in [2.24, 2.45) is 0 Å². The molecular weight excluding hydrogens is 196 g/mol. The van der Waals surface area contributed by atoms with Gasteiger partial charge in [0.1, 0.15) is 0 Å². The van der Waals surface area contributed by atoms with E-state index in [9.17, 15) is 20.2 Å².